The Morgan fingerprint density at radius 2 is 2.30 bits per heavy atom. The van der Waals surface area contributed by atoms with Gasteiger partial charge in [0.2, 0.25) is 5.91 Å². The molecule has 0 aliphatic heterocycles. The molecule has 5 nitrogen and oxygen atoms in total. The largest absolute Gasteiger partial charge is 0.349 e. The zero-order valence-corrected chi connectivity index (χ0v) is 12.3. The first-order valence-corrected chi connectivity index (χ1v) is 6.94. The number of aryl methyl sites for hydroxylation is 1. The van der Waals surface area contributed by atoms with E-state index in [-0.39, 0.29) is 5.91 Å². The molecule has 2 rings (SSSR count). The third-order valence-electron chi connectivity index (χ3n) is 3.45. The fourth-order valence-corrected chi connectivity index (χ4v) is 2.30. The molecule has 0 aromatic carbocycles. The zero-order valence-electron chi connectivity index (χ0n) is 12.3. The van der Waals surface area contributed by atoms with Gasteiger partial charge in [-0.05, 0) is 31.9 Å². The topological polar surface area (TPSA) is 72.4 Å². The minimum atomic E-state index is -0.816. The number of nitrogens with zero attached hydrogens (tertiary/aromatic N) is 2. The Hall–Kier alpha value is -1.88. The molecule has 3 N–H and O–H groups in total. The molecule has 1 amide bonds. The van der Waals surface area contributed by atoms with E-state index >= 15 is 0 Å². The molecule has 0 aliphatic rings. The summed E-state index contributed by atoms with van der Waals surface area (Å²) in [5, 5.41) is 2.86. The molecule has 2 heterocycles. The predicted octanol–water partition coefficient (Wildman–Crippen LogP) is 1.78. The fraction of sp³-hybridized carbons (Fsp3) is 0.467. The van der Waals surface area contributed by atoms with Gasteiger partial charge in [0, 0.05) is 12.4 Å². The van der Waals surface area contributed by atoms with Crippen molar-refractivity contribution in [1.82, 2.24) is 14.7 Å². The maximum Gasteiger partial charge on any atom is 0.240 e. The van der Waals surface area contributed by atoms with E-state index in [1.807, 2.05) is 42.8 Å². The molecule has 2 aromatic rings. The molecule has 0 saturated heterocycles. The number of rotatable bonds is 5. The van der Waals surface area contributed by atoms with Gasteiger partial charge in [0.15, 0.2) is 0 Å². The second-order valence-electron chi connectivity index (χ2n) is 5.50. The van der Waals surface area contributed by atoms with Crippen molar-refractivity contribution in [3.8, 4) is 0 Å². The van der Waals surface area contributed by atoms with E-state index in [0.29, 0.717) is 13.0 Å². The molecule has 1 atom stereocenters. The van der Waals surface area contributed by atoms with Crippen molar-refractivity contribution in [2.24, 2.45) is 5.73 Å². The van der Waals surface area contributed by atoms with Gasteiger partial charge in [0.25, 0.3) is 0 Å². The molecule has 108 valence electrons. The Morgan fingerprint density at radius 3 is 2.95 bits per heavy atom. The first-order valence-electron chi connectivity index (χ1n) is 6.94. The highest BCUT2D eigenvalue weighted by Gasteiger charge is 2.26. The highest BCUT2D eigenvalue weighted by Crippen LogP contribution is 2.11. The van der Waals surface area contributed by atoms with Crippen molar-refractivity contribution in [3.63, 3.8) is 0 Å². The van der Waals surface area contributed by atoms with Crippen molar-refractivity contribution < 1.29 is 4.79 Å². The number of carbonyl (C=O) groups is 1. The van der Waals surface area contributed by atoms with Crippen molar-refractivity contribution in [2.45, 2.75) is 45.7 Å². The first-order chi connectivity index (χ1) is 9.44. The van der Waals surface area contributed by atoms with Crippen LogP contribution < -0.4 is 11.1 Å². The first kappa shape index (κ1) is 14.5. The summed E-state index contributed by atoms with van der Waals surface area (Å²) in [5.74, 6) is -0.131. The number of nitrogens with one attached hydrogen (secondary N) is 1. The zero-order chi connectivity index (χ0) is 14.8. The van der Waals surface area contributed by atoms with Crippen molar-refractivity contribution in [3.05, 3.63) is 35.8 Å². The summed E-state index contributed by atoms with van der Waals surface area (Å²) in [6.07, 6.45) is 5.43. The van der Waals surface area contributed by atoms with Gasteiger partial charge in [-0.25, -0.2) is 4.98 Å². The van der Waals surface area contributed by atoms with E-state index in [4.69, 9.17) is 5.73 Å². The maximum atomic E-state index is 12.0. The van der Waals surface area contributed by atoms with E-state index < -0.39 is 5.54 Å². The summed E-state index contributed by atoms with van der Waals surface area (Å²) < 4.78 is 1.96. The van der Waals surface area contributed by atoms with Crippen LogP contribution in [0.5, 0.6) is 0 Å². The average molecular weight is 274 g/mol. The number of fused-ring (bicyclic) bond motifs is 1. The van der Waals surface area contributed by atoms with Crippen LogP contribution in [-0.2, 0) is 11.3 Å². The van der Waals surface area contributed by atoms with Crippen LogP contribution in [0, 0.1) is 6.92 Å². The minimum absolute atomic E-state index is 0.131. The molecule has 0 spiro atoms. The highest BCUT2D eigenvalue weighted by atomic mass is 16.2. The van der Waals surface area contributed by atoms with Crippen LogP contribution in [0.25, 0.3) is 5.65 Å². The van der Waals surface area contributed by atoms with Crippen molar-refractivity contribution >= 4 is 11.6 Å². The molecular weight excluding hydrogens is 252 g/mol. The highest BCUT2D eigenvalue weighted by molar-refractivity contribution is 5.85. The van der Waals surface area contributed by atoms with Crippen LogP contribution >= 0.6 is 0 Å². The quantitative estimate of drug-likeness (QED) is 0.873. The van der Waals surface area contributed by atoms with Crippen LogP contribution in [0.3, 0.4) is 0 Å². The molecule has 20 heavy (non-hydrogen) atoms. The van der Waals surface area contributed by atoms with Gasteiger partial charge >= 0.3 is 0 Å². The van der Waals surface area contributed by atoms with E-state index in [1.165, 1.54) is 0 Å². The lowest BCUT2D eigenvalue weighted by atomic mass is 9.96. The number of nitrogens with two attached hydrogens (primary N) is 1. The third-order valence-corrected chi connectivity index (χ3v) is 3.45. The van der Waals surface area contributed by atoms with Gasteiger partial charge in [0.05, 0.1) is 17.8 Å². The number of imidazole rings is 1. The van der Waals surface area contributed by atoms with Gasteiger partial charge < -0.3 is 15.5 Å². The lowest BCUT2D eigenvalue weighted by Gasteiger charge is -2.22. The lowest BCUT2D eigenvalue weighted by molar-refractivity contribution is -0.126. The number of hydrogen-bond acceptors (Lipinski definition) is 3. The van der Waals surface area contributed by atoms with E-state index in [1.54, 1.807) is 6.92 Å². The third kappa shape index (κ3) is 2.99. The van der Waals surface area contributed by atoms with Gasteiger partial charge in [0.1, 0.15) is 5.65 Å². The van der Waals surface area contributed by atoms with Crippen molar-refractivity contribution in [1.29, 1.82) is 0 Å². The molecular formula is C15H22N4O. The molecule has 1 unspecified atom stereocenters. The monoisotopic (exact) mass is 274 g/mol. The summed E-state index contributed by atoms with van der Waals surface area (Å²) in [5.41, 5.74) is 8.04. The molecule has 0 bridgehead atoms. The molecule has 2 aromatic heterocycles. The number of carbonyl (C=O) groups excluding carboxylic acids is 1. The number of hydrogen-bond donors (Lipinski definition) is 2. The van der Waals surface area contributed by atoms with Crippen LogP contribution in [0.15, 0.2) is 24.5 Å². The summed E-state index contributed by atoms with van der Waals surface area (Å²) >= 11 is 0. The maximum absolute atomic E-state index is 12.0. The number of pyridine rings is 1. The molecule has 0 radical (unpaired) electrons. The van der Waals surface area contributed by atoms with E-state index in [9.17, 15) is 4.79 Å². The van der Waals surface area contributed by atoms with E-state index in [0.717, 1.165) is 23.3 Å². The average Bonchev–Trinajstić information content (AvgIpc) is 2.80. The van der Waals surface area contributed by atoms with Gasteiger partial charge in [-0.1, -0.05) is 19.4 Å². The summed E-state index contributed by atoms with van der Waals surface area (Å²) in [6, 6.07) is 3.99. The standard InChI is InChI=1S/C15H22N4O/c1-4-7-15(3,16)14(20)17-9-12-10-19-8-5-6-11(2)13(19)18-12/h5-6,8,10H,4,7,9,16H2,1-3H3,(H,17,20). The Labute approximate surface area is 119 Å². The van der Waals surface area contributed by atoms with Crippen molar-refractivity contribution in [2.75, 3.05) is 0 Å². The Kier molecular flexibility index (Phi) is 4.09. The van der Waals surface area contributed by atoms with Gasteiger partial charge in [-0.2, -0.15) is 0 Å². The van der Waals surface area contributed by atoms with Crippen LogP contribution in [-0.4, -0.2) is 20.8 Å². The fourth-order valence-electron chi connectivity index (χ4n) is 2.30. The lowest BCUT2D eigenvalue weighted by Crippen LogP contribution is -2.51. The number of amides is 1. The van der Waals surface area contributed by atoms with E-state index in [2.05, 4.69) is 10.3 Å². The summed E-state index contributed by atoms with van der Waals surface area (Å²) in [7, 11) is 0. The van der Waals surface area contributed by atoms with Crippen LogP contribution in [0.2, 0.25) is 0 Å². The second-order valence-corrected chi connectivity index (χ2v) is 5.50. The Morgan fingerprint density at radius 1 is 1.55 bits per heavy atom. The van der Waals surface area contributed by atoms with Gasteiger partial charge in [-0.15, -0.1) is 0 Å². The summed E-state index contributed by atoms with van der Waals surface area (Å²) in [4.78, 5) is 16.6. The minimum Gasteiger partial charge on any atom is -0.349 e. The molecule has 5 heteroatoms. The molecule has 0 saturated carbocycles. The smallest absolute Gasteiger partial charge is 0.240 e. The SMILES string of the molecule is CCCC(C)(N)C(=O)NCc1cn2cccc(C)c2n1. The van der Waals surface area contributed by atoms with Crippen LogP contribution in [0.4, 0.5) is 0 Å². The predicted molar refractivity (Wildman–Crippen MR) is 79.3 cm³/mol. The Balaban J connectivity index is 2.06. The summed E-state index contributed by atoms with van der Waals surface area (Å²) in [6.45, 7) is 6.20. The molecule has 0 aliphatic carbocycles. The second kappa shape index (κ2) is 5.63. The van der Waals surface area contributed by atoms with Gasteiger partial charge in [-0.3, -0.25) is 4.79 Å². The van der Waals surface area contributed by atoms with Crippen LogP contribution in [0.1, 0.15) is 37.9 Å². The normalized spacial score (nSPS) is 14.2. The molecule has 0 fully saturated rings. The number of aromatic nitrogens is 2. The Bertz CT molecular complexity index is 615.